The van der Waals surface area contributed by atoms with E-state index in [2.05, 4.69) is 5.32 Å². The number of amides is 1. The van der Waals surface area contributed by atoms with Gasteiger partial charge in [0.2, 0.25) is 17.3 Å². The molecule has 0 radical (unpaired) electrons. The summed E-state index contributed by atoms with van der Waals surface area (Å²) < 4.78 is 6.31. The molecule has 2 aliphatic carbocycles. The van der Waals surface area contributed by atoms with Gasteiger partial charge in [-0.05, 0) is 62.1 Å². The van der Waals surface area contributed by atoms with Gasteiger partial charge in [0.05, 0.1) is 23.7 Å². The van der Waals surface area contributed by atoms with E-state index in [1.165, 1.54) is 0 Å². The molecule has 7 aliphatic rings. The number of carbonyl (C=O) groups is 2. The Morgan fingerprint density at radius 2 is 1.86 bits per heavy atom. The minimum Gasteiger partial charge on any atom is -0.618 e. The quantitative estimate of drug-likeness (QED) is 0.542. The van der Waals surface area contributed by atoms with Crippen molar-refractivity contribution in [3.05, 3.63) is 59.3 Å². The van der Waals surface area contributed by atoms with Gasteiger partial charge in [0.25, 0.3) is 0 Å². The molecule has 3 spiro atoms. The van der Waals surface area contributed by atoms with Crippen molar-refractivity contribution >= 4 is 28.7 Å². The molecule has 1 saturated carbocycles. The van der Waals surface area contributed by atoms with Crippen LogP contribution in [0.15, 0.2) is 48.5 Å². The van der Waals surface area contributed by atoms with Gasteiger partial charge >= 0.3 is 0 Å². The third kappa shape index (κ3) is 1.77. The zero-order valence-electron chi connectivity index (χ0n) is 19.8. The van der Waals surface area contributed by atoms with Crippen LogP contribution in [0.2, 0.25) is 0 Å². The maximum Gasteiger partial charge on any atom is 0.248 e. The summed E-state index contributed by atoms with van der Waals surface area (Å²) in [7, 11) is 1.63. The summed E-state index contributed by atoms with van der Waals surface area (Å²) >= 11 is 0. The van der Waals surface area contributed by atoms with Crippen molar-refractivity contribution in [2.45, 2.75) is 43.3 Å². The molecular formula is C28H25N3O4. The smallest absolute Gasteiger partial charge is 0.248 e. The third-order valence-corrected chi connectivity index (χ3v) is 9.69. The van der Waals surface area contributed by atoms with Gasteiger partial charge in [0, 0.05) is 18.5 Å². The Morgan fingerprint density at radius 1 is 1.11 bits per heavy atom. The Morgan fingerprint density at radius 3 is 2.60 bits per heavy atom. The fourth-order valence-corrected chi connectivity index (χ4v) is 8.50. The van der Waals surface area contributed by atoms with Crippen LogP contribution in [0.5, 0.6) is 5.75 Å². The molecular weight excluding hydrogens is 442 g/mol. The number of fused-ring (bicyclic) bond motifs is 3. The van der Waals surface area contributed by atoms with E-state index in [1.807, 2.05) is 67.3 Å². The molecule has 5 heterocycles. The summed E-state index contributed by atoms with van der Waals surface area (Å²) in [5, 5.41) is 17.4. The SMILES string of the molecule is COc1ccc(-c2ccc3c(c2)[N+]([O-])=C2C3=C[C@@]34NC5(C(=O)[C@]56CCCN6C3=O)C4C2(C)C)cc1. The molecule has 35 heavy (non-hydrogen) atoms. The first-order valence-electron chi connectivity index (χ1n) is 12.3. The van der Waals surface area contributed by atoms with Crippen LogP contribution in [0.3, 0.4) is 0 Å². The van der Waals surface area contributed by atoms with Gasteiger partial charge in [-0.2, -0.15) is 4.74 Å². The topological polar surface area (TPSA) is 84.7 Å². The van der Waals surface area contributed by atoms with E-state index in [1.54, 1.807) is 7.11 Å². The standard InChI is InChI=1S/C28H25N3O4/c1-25(2)21-19(14-26-22(25)28(29-26)23(32)27(28)11-4-12-30(27)24(26)33)18-10-7-16(13-20(18)31(21)34)15-5-8-17(35-3)9-6-15/h5-10,13-14,22,29H,4,11-12H2,1-3H3/t22?,26-,27+,28?/m0/s1. The lowest BCUT2D eigenvalue weighted by molar-refractivity contribution is -0.363. The molecule has 2 aromatic rings. The minimum absolute atomic E-state index is 0.00639. The van der Waals surface area contributed by atoms with Crippen molar-refractivity contribution in [3.8, 4) is 16.9 Å². The van der Waals surface area contributed by atoms with Crippen molar-refractivity contribution in [2.24, 2.45) is 11.3 Å². The average Bonchev–Trinajstić information content (AvgIpc) is 3.13. The van der Waals surface area contributed by atoms with Crippen LogP contribution in [0.4, 0.5) is 5.69 Å². The fourth-order valence-electron chi connectivity index (χ4n) is 8.50. The van der Waals surface area contributed by atoms with E-state index in [0.717, 1.165) is 39.2 Å². The maximum absolute atomic E-state index is 13.9. The summed E-state index contributed by atoms with van der Waals surface area (Å²) in [6.45, 7) is 4.71. The Balaban J connectivity index is 1.31. The predicted octanol–water partition coefficient (Wildman–Crippen LogP) is 3.04. The molecule has 5 aliphatic heterocycles. The van der Waals surface area contributed by atoms with Crippen LogP contribution < -0.4 is 10.1 Å². The average molecular weight is 468 g/mol. The molecule has 4 saturated heterocycles. The van der Waals surface area contributed by atoms with E-state index in [0.29, 0.717) is 24.4 Å². The number of piperazine rings is 1. The first-order chi connectivity index (χ1) is 16.7. The lowest BCUT2D eigenvalue weighted by Gasteiger charge is -2.66. The first kappa shape index (κ1) is 19.8. The highest BCUT2D eigenvalue weighted by atomic mass is 16.5. The van der Waals surface area contributed by atoms with Gasteiger partial charge in [-0.1, -0.05) is 18.2 Å². The normalized spacial score (nSPS) is 36.5. The molecule has 2 bridgehead atoms. The number of allylic oxidation sites excluding steroid dienone is 1. The van der Waals surface area contributed by atoms with E-state index in [9.17, 15) is 14.8 Å². The number of nitrogens with zero attached hydrogens (tertiary/aromatic N) is 2. The van der Waals surface area contributed by atoms with Crippen LogP contribution in [0.1, 0.15) is 32.3 Å². The second-order valence-corrected chi connectivity index (χ2v) is 11.4. The van der Waals surface area contributed by atoms with Gasteiger partial charge in [-0.25, -0.2) is 0 Å². The second kappa shape index (κ2) is 5.51. The Bertz CT molecular complexity index is 1490. The highest BCUT2D eigenvalue weighted by molar-refractivity contribution is 6.33. The van der Waals surface area contributed by atoms with Gasteiger partial charge in [-0.15, -0.1) is 0 Å². The Labute approximate surface area is 202 Å². The lowest BCUT2D eigenvalue weighted by Crippen LogP contribution is -2.89. The van der Waals surface area contributed by atoms with Gasteiger partial charge in [0.1, 0.15) is 22.4 Å². The van der Waals surface area contributed by atoms with Gasteiger partial charge < -0.3 is 14.8 Å². The number of nitrogens with one attached hydrogen (secondary N) is 1. The number of rotatable bonds is 2. The van der Waals surface area contributed by atoms with Crippen molar-refractivity contribution in [2.75, 3.05) is 13.7 Å². The second-order valence-electron chi connectivity index (χ2n) is 11.4. The summed E-state index contributed by atoms with van der Waals surface area (Å²) in [4.78, 5) is 29.2. The summed E-state index contributed by atoms with van der Waals surface area (Å²) in [6.07, 6.45) is 3.52. The first-order valence-corrected chi connectivity index (χ1v) is 12.3. The number of hydrogen-bond donors (Lipinski definition) is 1. The number of hydrogen-bond acceptors (Lipinski definition) is 5. The number of benzene rings is 2. The van der Waals surface area contributed by atoms with Gasteiger partial charge in [-0.3, -0.25) is 14.9 Å². The van der Waals surface area contributed by atoms with Gasteiger partial charge in [0.15, 0.2) is 5.78 Å². The van der Waals surface area contributed by atoms with Crippen LogP contribution in [0.25, 0.3) is 16.7 Å². The summed E-state index contributed by atoms with van der Waals surface area (Å²) in [5.41, 5.74) is 1.81. The van der Waals surface area contributed by atoms with Crippen LogP contribution in [0, 0.1) is 16.5 Å². The van der Waals surface area contributed by atoms with Crippen molar-refractivity contribution in [1.29, 1.82) is 0 Å². The molecule has 1 amide bonds. The lowest BCUT2D eigenvalue weighted by atomic mass is 9.48. The zero-order valence-corrected chi connectivity index (χ0v) is 19.8. The molecule has 7 heteroatoms. The molecule has 2 unspecified atom stereocenters. The molecule has 9 rings (SSSR count). The molecule has 1 N–H and O–H groups in total. The molecule has 4 atom stereocenters. The number of carbonyl (C=O) groups excluding carboxylic acids is 2. The van der Waals surface area contributed by atoms with E-state index in [4.69, 9.17) is 4.74 Å². The summed E-state index contributed by atoms with van der Waals surface area (Å²) in [5.74, 6) is 0.643. The van der Waals surface area contributed by atoms with Crippen molar-refractivity contribution in [1.82, 2.24) is 10.2 Å². The van der Waals surface area contributed by atoms with Crippen LogP contribution in [-0.4, -0.2) is 57.3 Å². The minimum atomic E-state index is -0.931. The monoisotopic (exact) mass is 467 g/mol. The number of Topliss-reactive ketones (excluding diaryl/α,β-unsaturated/α-hetero) is 1. The number of ketones is 1. The molecule has 2 aromatic carbocycles. The van der Waals surface area contributed by atoms with E-state index < -0.39 is 22.0 Å². The summed E-state index contributed by atoms with van der Waals surface area (Å²) in [6, 6.07) is 13.7. The predicted molar refractivity (Wildman–Crippen MR) is 129 cm³/mol. The van der Waals surface area contributed by atoms with E-state index in [-0.39, 0.29) is 17.6 Å². The number of piperidine rings is 1. The third-order valence-electron chi connectivity index (χ3n) is 9.69. The molecule has 7 nitrogen and oxygen atoms in total. The molecule has 5 fully saturated rings. The Kier molecular flexibility index (Phi) is 3.12. The molecule has 176 valence electrons. The zero-order chi connectivity index (χ0) is 24.1. The fraction of sp³-hybridized carbons (Fsp3) is 0.393. The van der Waals surface area contributed by atoms with Crippen molar-refractivity contribution < 1.29 is 19.1 Å². The van der Waals surface area contributed by atoms with Crippen LogP contribution in [-0.2, 0) is 9.59 Å². The molecule has 0 aromatic heterocycles. The maximum atomic E-state index is 13.9. The van der Waals surface area contributed by atoms with Crippen molar-refractivity contribution in [3.63, 3.8) is 0 Å². The number of methoxy groups -OCH3 is 1. The Hall–Kier alpha value is -3.45. The van der Waals surface area contributed by atoms with Crippen LogP contribution >= 0.6 is 0 Å². The highest BCUT2D eigenvalue weighted by Gasteiger charge is 2.99. The largest absolute Gasteiger partial charge is 0.618 e. The highest BCUT2D eigenvalue weighted by Crippen LogP contribution is 2.75. The van der Waals surface area contributed by atoms with E-state index >= 15 is 0 Å². The number of ether oxygens (including phenoxy) is 1.